The van der Waals surface area contributed by atoms with Crippen LogP contribution >= 0.6 is 15.9 Å². The predicted octanol–water partition coefficient (Wildman–Crippen LogP) is 7.61. The third-order valence-electron chi connectivity index (χ3n) is 4.32. The second-order valence-electron chi connectivity index (χ2n) is 5.82. The van der Waals surface area contributed by atoms with E-state index < -0.39 is 5.97 Å². The first-order valence-electron chi connectivity index (χ1n) is 9.59. The van der Waals surface area contributed by atoms with Crippen LogP contribution in [0.1, 0.15) is 43.6 Å². The van der Waals surface area contributed by atoms with Crippen LogP contribution in [-0.2, 0) is 0 Å². The van der Waals surface area contributed by atoms with Crippen LogP contribution in [0.5, 0.6) is 0 Å². The molecule has 0 saturated carbocycles. The number of aromatic carboxylic acids is 1. The van der Waals surface area contributed by atoms with Crippen molar-refractivity contribution in [3.05, 3.63) is 76.3 Å². The number of hydrogen-bond acceptors (Lipinski definition) is 1. The number of halogens is 1. The summed E-state index contributed by atoms with van der Waals surface area (Å²) in [5, 5.41) is 11.3. The van der Waals surface area contributed by atoms with Crippen LogP contribution in [0.15, 0.2) is 65.1 Å². The molecule has 0 spiro atoms. The van der Waals surface area contributed by atoms with Crippen molar-refractivity contribution in [3.63, 3.8) is 0 Å². The monoisotopic (exact) mass is 439 g/mol. The molecule has 3 nitrogen and oxygen atoms in total. The van der Waals surface area contributed by atoms with Gasteiger partial charge >= 0.3 is 5.97 Å². The van der Waals surface area contributed by atoms with Crippen molar-refractivity contribution in [3.8, 4) is 5.69 Å². The Morgan fingerprint density at radius 1 is 0.893 bits per heavy atom. The largest absolute Gasteiger partial charge is 0.478 e. The number of aromatic nitrogens is 1. The summed E-state index contributed by atoms with van der Waals surface area (Å²) in [6.45, 7) is 10.1. The average Bonchev–Trinajstić information content (AvgIpc) is 3.07. The van der Waals surface area contributed by atoms with E-state index in [1.807, 2.05) is 58.0 Å². The molecule has 0 radical (unpaired) electrons. The van der Waals surface area contributed by atoms with Gasteiger partial charge in [-0.25, -0.2) is 4.79 Å². The Morgan fingerprint density at radius 2 is 1.54 bits per heavy atom. The van der Waals surface area contributed by atoms with Crippen molar-refractivity contribution in [2.45, 2.75) is 34.6 Å². The zero-order valence-electron chi connectivity index (χ0n) is 17.0. The van der Waals surface area contributed by atoms with Crippen molar-refractivity contribution >= 4 is 43.7 Å². The van der Waals surface area contributed by atoms with E-state index in [9.17, 15) is 9.90 Å². The molecule has 146 valence electrons. The van der Waals surface area contributed by atoms with Crippen LogP contribution in [0.25, 0.3) is 27.5 Å². The van der Waals surface area contributed by atoms with Gasteiger partial charge in [0.1, 0.15) is 0 Å². The van der Waals surface area contributed by atoms with Crippen LogP contribution in [-0.4, -0.2) is 15.6 Å². The summed E-state index contributed by atoms with van der Waals surface area (Å²) in [4.78, 5) is 11.3. The number of carboxylic acid groups (broad SMARTS) is 1. The Kier molecular flexibility index (Phi) is 7.41. The summed E-state index contributed by atoms with van der Waals surface area (Å²) in [5.41, 5.74) is 4.63. The Balaban J connectivity index is 0.000000660. The van der Waals surface area contributed by atoms with Crippen molar-refractivity contribution in [1.29, 1.82) is 0 Å². The molecule has 0 amide bonds. The molecule has 4 rings (SSSR count). The number of carbonyl (C=O) groups is 1. The van der Waals surface area contributed by atoms with Gasteiger partial charge < -0.3 is 9.67 Å². The van der Waals surface area contributed by atoms with Gasteiger partial charge in [-0.1, -0.05) is 61.8 Å². The molecule has 1 N–H and O–H groups in total. The van der Waals surface area contributed by atoms with Gasteiger partial charge in [0, 0.05) is 20.9 Å². The molecule has 4 heteroatoms. The summed E-state index contributed by atoms with van der Waals surface area (Å²) in [6, 6.07) is 19.6. The van der Waals surface area contributed by atoms with Gasteiger partial charge in [0.15, 0.2) is 0 Å². The van der Waals surface area contributed by atoms with E-state index in [0.29, 0.717) is 5.56 Å². The van der Waals surface area contributed by atoms with E-state index in [2.05, 4.69) is 45.6 Å². The first-order valence-corrected chi connectivity index (χ1v) is 10.4. The quantitative estimate of drug-likeness (QED) is 0.349. The standard InChI is InChI=1S/C20H14BrNO2.2C2H6/c1-12-3-2-4-16-17-11-13(20(23)24)5-10-18(17)22(19(12)16)15-8-6-14(21)7-9-15;2*1-2/h2-11H,1H3,(H,23,24);2*1-2H3. The molecule has 3 aromatic carbocycles. The summed E-state index contributed by atoms with van der Waals surface area (Å²) in [6.07, 6.45) is 0. The molecule has 0 atom stereocenters. The maximum Gasteiger partial charge on any atom is 0.335 e. The van der Waals surface area contributed by atoms with E-state index >= 15 is 0 Å². The number of aryl methyl sites for hydroxylation is 1. The van der Waals surface area contributed by atoms with E-state index in [0.717, 1.165) is 37.5 Å². The van der Waals surface area contributed by atoms with Gasteiger partial charge in [-0.2, -0.15) is 0 Å². The first kappa shape index (κ1) is 21.7. The molecule has 0 fully saturated rings. The maximum absolute atomic E-state index is 11.3. The highest BCUT2D eigenvalue weighted by molar-refractivity contribution is 9.10. The van der Waals surface area contributed by atoms with Crippen molar-refractivity contribution in [1.82, 2.24) is 4.57 Å². The summed E-state index contributed by atoms with van der Waals surface area (Å²) in [7, 11) is 0. The maximum atomic E-state index is 11.3. The third kappa shape index (κ3) is 3.97. The lowest BCUT2D eigenvalue weighted by Gasteiger charge is -2.09. The van der Waals surface area contributed by atoms with Crippen LogP contribution in [0, 0.1) is 6.92 Å². The molecule has 4 aromatic rings. The molecular formula is C24H26BrNO2. The first-order chi connectivity index (χ1) is 13.6. The van der Waals surface area contributed by atoms with E-state index in [1.54, 1.807) is 12.1 Å². The number of benzene rings is 3. The number of nitrogens with zero attached hydrogens (tertiary/aromatic N) is 1. The highest BCUT2D eigenvalue weighted by Gasteiger charge is 2.15. The fourth-order valence-electron chi connectivity index (χ4n) is 3.23. The highest BCUT2D eigenvalue weighted by atomic mass is 79.9. The fraction of sp³-hybridized carbons (Fsp3) is 0.208. The number of carboxylic acids is 1. The Bertz CT molecular complexity index is 1100. The zero-order chi connectivity index (χ0) is 20.8. The lowest BCUT2D eigenvalue weighted by molar-refractivity contribution is 0.0697. The molecule has 1 aromatic heterocycles. The fourth-order valence-corrected chi connectivity index (χ4v) is 3.50. The van der Waals surface area contributed by atoms with E-state index in [1.165, 1.54) is 0 Å². The Morgan fingerprint density at radius 3 is 2.14 bits per heavy atom. The molecule has 0 aliphatic rings. The van der Waals surface area contributed by atoms with E-state index in [-0.39, 0.29) is 0 Å². The number of hydrogen-bond donors (Lipinski definition) is 1. The molecule has 1 heterocycles. The van der Waals surface area contributed by atoms with Gasteiger partial charge in [0.05, 0.1) is 16.6 Å². The van der Waals surface area contributed by atoms with Gasteiger partial charge in [0.25, 0.3) is 0 Å². The smallest absolute Gasteiger partial charge is 0.335 e. The van der Waals surface area contributed by atoms with Crippen LogP contribution in [0.2, 0.25) is 0 Å². The van der Waals surface area contributed by atoms with Gasteiger partial charge in [-0.3, -0.25) is 0 Å². The second kappa shape index (κ2) is 9.56. The number of para-hydroxylation sites is 1. The minimum atomic E-state index is -0.908. The molecule has 0 unspecified atom stereocenters. The topological polar surface area (TPSA) is 42.2 Å². The van der Waals surface area contributed by atoms with Crippen molar-refractivity contribution < 1.29 is 9.90 Å². The number of fused-ring (bicyclic) bond motifs is 3. The lowest BCUT2D eigenvalue weighted by atomic mass is 10.1. The van der Waals surface area contributed by atoms with Gasteiger partial charge in [0.2, 0.25) is 0 Å². The summed E-state index contributed by atoms with van der Waals surface area (Å²) < 4.78 is 3.22. The lowest BCUT2D eigenvalue weighted by Crippen LogP contribution is -1.97. The molecule has 28 heavy (non-hydrogen) atoms. The highest BCUT2D eigenvalue weighted by Crippen LogP contribution is 2.34. The minimum Gasteiger partial charge on any atom is -0.478 e. The Labute approximate surface area is 174 Å². The zero-order valence-corrected chi connectivity index (χ0v) is 18.5. The molecule has 0 aliphatic heterocycles. The van der Waals surface area contributed by atoms with Crippen LogP contribution in [0.3, 0.4) is 0 Å². The van der Waals surface area contributed by atoms with Crippen molar-refractivity contribution in [2.24, 2.45) is 0 Å². The van der Waals surface area contributed by atoms with Gasteiger partial charge in [-0.05, 0) is 55.0 Å². The molecule has 0 bridgehead atoms. The van der Waals surface area contributed by atoms with E-state index in [4.69, 9.17) is 0 Å². The van der Waals surface area contributed by atoms with Crippen LogP contribution < -0.4 is 0 Å². The predicted molar refractivity (Wildman–Crippen MR) is 123 cm³/mol. The Hall–Kier alpha value is -2.59. The van der Waals surface area contributed by atoms with Crippen LogP contribution in [0.4, 0.5) is 0 Å². The summed E-state index contributed by atoms with van der Waals surface area (Å²) in [5.74, 6) is -0.908. The van der Waals surface area contributed by atoms with Gasteiger partial charge in [-0.15, -0.1) is 0 Å². The molecular weight excluding hydrogens is 414 g/mol. The average molecular weight is 440 g/mol. The molecule has 0 saturated heterocycles. The molecule has 0 aliphatic carbocycles. The normalized spacial score (nSPS) is 10.1. The third-order valence-corrected chi connectivity index (χ3v) is 4.85. The number of rotatable bonds is 2. The van der Waals surface area contributed by atoms with Crippen molar-refractivity contribution in [2.75, 3.05) is 0 Å². The summed E-state index contributed by atoms with van der Waals surface area (Å²) >= 11 is 3.47. The SMILES string of the molecule is CC.CC.Cc1cccc2c3cc(C(=O)O)ccc3n(-c3ccc(Br)cc3)c12. The minimum absolute atomic E-state index is 0.305. The second-order valence-corrected chi connectivity index (χ2v) is 6.74.